The van der Waals surface area contributed by atoms with Crippen molar-refractivity contribution in [1.82, 2.24) is 19.9 Å². The van der Waals surface area contributed by atoms with Crippen molar-refractivity contribution < 1.29 is 32.2 Å². The molecule has 15 heteroatoms. The number of hydrogen-bond acceptors (Lipinski definition) is 11. The number of carbonyl (C=O) groups is 1. The molecule has 1 amide bonds. The van der Waals surface area contributed by atoms with Crippen molar-refractivity contribution in [2.24, 2.45) is 17.1 Å². The Hall–Kier alpha value is -3.72. The minimum atomic E-state index is -3.92. The molecular formula is C24H23BrN6O7S. The van der Waals surface area contributed by atoms with Crippen LogP contribution in [0.3, 0.4) is 0 Å². The number of nitrogens with zero attached hydrogens (tertiary/aromatic N) is 4. The first-order valence-electron chi connectivity index (χ1n) is 12.0. The topological polar surface area (TPSA) is 178 Å². The molecule has 3 N–H and O–H groups in total. The third-order valence-electron chi connectivity index (χ3n) is 7.21. The van der Waals surface area contributed by atoms with E-state index in [9.17, 15) is 13.2 Å². The molecule has 13 nitrogen and oxygen atoms in total. The Balaban J connectivity index is 1.26. The van der Waals surface area contributed by atoms with E-state index in [4.69, 9.17) is 24.7 Å². The molecule has 2 aromatic heterocycles. The monoisotopic (exact) mass is 618 g/mol. The summed E-state index contributed by atoms with van der Waals surface area (Å²) in [7, 11) is -3.92. The molecule has 0 saturated heterocycles. The van der Waals surface area contributed by atoms with E-state index in [2.05, 4.69) is 40.6 Å². The van der Waals surface area contributed by atoms with Gasteiger partial charge in [0.05, 0.1) is 20.7 Å². The van der Waals surface area contributed by atoms with Gasteiger partial charge in [-0.15, -0.1) is 0 Å². The van der Waals surface area contributed by atoms with Gasteiger partial charge < -0.3 is 24.7 Å². The van der Waals surface area contributed by atoms with Crippen LogP contribution in [-0.4, -0.2) is 59.5 Å². The average molecular weight is 619 g/mol. The number of aromatic nitrogens is 4. The van der Waals surface area contributed by atoms with E-state index in [1.165, 1.54) is 6.33 Å². The quantitative estimate of drug-likeness (QED) is 0.318. The lowest BCUT2D eigenvalue weighted by molar-refractivity contribution is -0.131. The fraction of sp³-hybridized carbons (Fsp3) is 0.375. The van der Waals surface area contributed by atoms with Crippen molar-refractivity contribution in [2.75, 3.05) is 24.7 Å². The number of benzene rings is 1. The van der Waals surface area contributed by atoms with Gasteiger partial charge in [-0.2, -0.15) is 0 Å². The number of amides is 1. The van der Waals surface area contributed by atoms with Crippen molar-refractivity contribution in [3.63, 3.8) is 0 Å². The third kappa shape index (κ3) is 4.80. The molecule has 3 aromatic rings. The number of rotatable bonds is 10. The smallest absolute Gasteiger partial charge is 0.316 e. The average Bonchev–Trinajstić information content (AvgIpc) is 3.61. The number of nitrogens with two attached hydrogens (primary N) is 1. The van der Waals surface area contributed by atoms with Crippen LogP contribution in [0, 0.1) is 11.3 Å². The van der Waals surface area contributed by atoms with Gasteiger partial charge in [0.2, 0.25) is 28.6 Å². The zero-order valence-electron chi connectivity index (χ0n) is 20.4. The lowest BCUT2D eigenvalue weighted by atomic mass is 9.69. The Kier molecular flexibility index (Phi) is 6.41. The van der Waals surface area contributed by atoms with Crippen LogP contribution in [0.4, 0.5) is 5.82 Å². The van der Waals surface area contributed by atoms with Gasteiger partial charge in [0.25, 0.3) is 0 Å². The molecule has 1 atom stereocenters. The summed E-state index contributed by atoms with van der Waals surface area (Å²) in [5.74, 6) is 0.627. The van der Waals surface area contributed by atoms with Gasteiger partial charge in [-0.1, -0.05) is 6.07 Å². The second-order valence-corrected chi connectivity index (χ2v) is 12.4. The standard InChI is InChI=1S/C24H23BrN6O7S/c25-15-9-27-23(28-10-15)36-4-3-35-21-19(13-1-2-16-17(5-13)38-12-37-16)20(29-11-30-21)31-39(33,34)18-8-24(22(26)32)6-14(18)7-24/h1-2,5,9-11,14,18H,3-4,6-8,12H2,(H2,26,32)(H,29,30,31)/t14?,18-,24?/m1/s1. The Morgan fingerprint density at radius 3 is 2.56 bits per heavy atom. The van der Waals surface area contributed by atoms with Crippen LogP contribution in [0.5, 0.6) is 23.4 Å². The number of ether oxygens (including phenoxy) is 4. The second-order valence-electron chi connectivity index (χ2n) is 9.55. The van der Waals surface area contributed by atoms with Crippen molar-refractivity contribution in [3.8, 4) is 34.5 Å². The maximum Gasteiger partial charge on any atom is 0.316 e. The number of halogens is 1. The van der Waals surface area contributed by atoms with Crippen LogP contribution in [0.15, 0.2) is 41.4 Å². The highest BCUT2D eigenvalue weighted by molar-refractivity contribution is 9.10. The Bertz CT molecular complexity index is 1530. The summed E-state index contributed by atoms with van der Waals surface area (Å²) in [5.41, 5.74) is 5.68. The number of hydrogen-bond donors (Lipinski definition) is 2. The molecular weight excluding hydrogens is 596 g/mol. The molecule has 7 rings (SSSR count). The van der Waals surface area contributed by atoms with Crippen molar-refractivity contribution in [3.05, 3.63) is 41.4 Å². The summed E-state index contributed by atoms with van der Waals surface area (Å²) < 4.78 is 52.6. The van der Waals surface area contributed by atoms with E-state index in [-0.39, 0.29) is 50.1 Å². The number of fused-ring (bicyclic) bond motifs is 2. The fourth-order valence-electron chi connectivity index (χ4n) is 5.32. The largest absolute Gasteiger partial charge is 0.473 e. The number of primary amides is 1. The summed E-state index contributed by atoms with van der Waals surface area (Å²) in [6.45, 7) is 0.241. The molecule has 1 aromatic carbocycles. The summed E-state index contributed by atoms with van der Waals surface area (Å²) in [6, 6.07) is 5.32. The maximum atomic E-state index is 13.5. The summed E-state index contributed by atoms with van der Waals surface area (Å²) in [6.07, 6.45) is 5.46. The van der Waals surface area contributed by atoms with Crippen LogP contribution in [0.2, 0.25) is 0 Å². The van der Waals surface area contributed by atoms with E-state index in [0.29, 0.717) is 35.5 Å². The zero-order valence-corrected chi connectivity index (χ0v) is 22.8. The molecule has 3 aliphatic carbocycles. The Morgan fingerprint density at radius 2 is 1.82 bits per heavy atom. The molecule has 39 heavy (non-hydrogen) atoms. The van der Waals surface area contributed by atoms with Crippen molar-refractivity contribution in [2.45, 2.75) is 24.5 Å². The Morgan fingerprint density at radius 1 is 1.08 bits per heavy atom. The zero-order chi connectivity index (χ0) is 27.2. The lowest BCUT2D eigenvalue weighted by Gasteiger charge is -2.35. The molecule has 0 spiro atoms. The van der Waals surface area contributed by atoms with Crippen LogP contribution in [-0.2, 0) is 14.8 Å². The molecule has 0 radical (unpaired) electrons. The van der Waals surface area contributed by atoms with Crippen LogP contribution < -0.4 is 29.4 Å². The number of sulfonamides is 1. The minimum Gasteiger partial charge on any atom is -0.473 e. The fourth-order valence-corrected chi connectivity index (χ4v) is 7.33. The predicted molar refractivity (Wildman–Crippen MR) is 140 cm³/mol. The van der Waals surface area contributed by atoms with Gasteiger partial charge in [0.1, 0.15) is 19.5 Å². The molecule has 204 valence electrons. The lowest BCUT2D eigenvalue weighted by Crippen LogP contribution is -2.41. The first-order chi connectivity index (χ1) is 18.7. The molecule has 3 fully saturated rings. The first kappa shape index (κ1) is 25.6. The molecule has 1 aliphatic heterocycles. The summed E-state index contributed by atoms with van der Waals surface area (Å²) >= 11 is 3.26. The van der Waals surface area contributed by atoms with Gasteiger partial charge >= 0.3 is 6.01 Å². The molecule has 2 bridgehead atoms. The van der Waals surface area contributed by atoms with Gasteiger partial charge in [-0.3, -0.25) is 9.52 Å². The molecule has 0 unspecified atom stereocenters. The predicted octanol–water partition coefficient (Wildman–Crippen LogP) is 2.28. The summed E-state index contributed by atoms with van der Waals surface area (Å²) in [5, 5.41) is -0.756. The Labute approximate surface area is 231 Å². The number of anilines is 1. The molecule has 3 saturated carbocycles. The highest BCUT2D eigenvalue weighted by Crippen LogP contribution is 2.60. The highest BCUT2D eigenvalue weighted by atomic mass is 79.9. The van der Waals surface area contributed by atoms with E-state index >= 15 is 0 Å². The maximum absolute atomic E-state index is 13.5. The molecule has 4 aliphatic rings. The minimum absolute atomic E-state index is 0.0354. The number of nitrogens with one attached hydrogen (secondary N) is 1. The van der Waals surface area contributed by atoms with E-state index in [1.807, 2.05) is 0 Å². The van der Waals surface area contributed by atoms with E-state index in [0.717, 1.165) is 4.47 Å². The third-order valence-corrected chi connectivity index (χ3v) is 9.44. The first-order valence-corrected chi connectivity index (χ1v) is 14.4. The van der Waals surface area contributed by atoms with Crippen LogP contribution in [0.25, 0.3) is 11.1 Å². The van der Waals surface area contributed by atoms with E-state index in [1.54, 1.807) is 30.6 Å². The summed E-state index contributed by atoms with van der Waals surface area (Å²) in [4.78, 5) is 28.5. The van der Waals surface area contributed by atoms with Gasteiger partial charge in [0, 0.05) is 12.4 Å². The highest BCUT2D eigenvalue weighted by Gasteiger charge is 2.63. The van der Waals surface area contributed by atoms with Crippen molar-refractivity contribution >= 4 is 37.7 Å². The SMILES string of the molecule is NC(=O)C12CC(C1)[C@H](S(=O)(=O)Nc1ncnc(OCCOc3ncc(Br)cn3)c1-c1ccc3c(c1)OCO3)C2. The van der Waals surface area contributed by atoms with E-state index < -0.39 is 26.6 Å². The second kappa shape index (κ2) is 9.79. The van der Waals surface area contributed by atoms with Crippen LogP contribution >= 0.6 is 15.9 Å². The number of carbonyl (C=O) groups excluding carboxylic acids is 1. The van der Waals surface area contributed by atoms with Crippen molar-refractivity contribution in [1.29, 1.82) is 0 Å². The van der Waals surface area contributed by atoms with Gasteiger partial charge in [-0.05, 0) is 58.8 Å². The molecule has 3 heterocycles. The van der Waals surface area contributed by atoms with Gasteiger partial charge in [-0.25, -0.2) is 28.4 Å². The van der Waals surface area contributed by atoms with Gasteiger partial charge in [0.15, 0.2) is 17.3 Å². The van der Waals surface area contributed by atoms with Crippen LogP contribution in [0.1, 0.15) is 19.3 Å². The normalized spacial score (nSPS) is 22.7.